The maximum Gasteiger partial charge on any atom is 0.141 e. The van der Waals surface area contributed by atoms with Crippen molar-refractivity contribution in [2.45, 2.75) is 13.2 Å². The lowest BCUT2D eigenvalue weighted by Gasteiger charge is -2.30. The molecule has 0 heterocycles. The van der Waals surface area contributed by atoms with Crippen molar-refractivity contribution in [3.05, 3.63) is 65.7 Å². The van der Waals surface area contributed by atoms with Gasteiger partial charge in [0, 0.05) is 5.56 Å². The highest BCUT2D eigenvalue weighted by Crippen LogP contribution is 2.18. The van der Waals surface area contributed by atoms with Gasteiger partial charge in [-0.15, -0.1) is 12.8 Å². The molecule has 0 unspecified atom stereocenters. The SMILES string of the molecule is C#CC[N+](C)(CC#C)Cc1cccc(OCc2ccccc2)c1.[Cl-]. The van der Waals surface area contributed by atoms with Gasteiger partial charge in [0.15, 0.2) is 0 Å². The second-order valence-corrected chi connectivity index (χ2v) is 5.92. The molecule has 0 radical (unpaired) electrons. The number of terminal acetylenes is 2. The van der Waals surface area contributed by atoms with E-state index in [2.05, 4.69) is 43.2 Å². The smallest absolute Gasteiger partial charge is 0.141 e. The largest absolute Gasteiger partial charge is 1.00 e. The van der Waals surface area contributed by atoms with E-state index in [9.17, 15) is 0 Å². The van der Waals surface area contributed by atoms with Gasteiger partial charge >= 0.3 is 0 Å². The Morgan fingerprint density at radius 1 is 0.917 bits per heavy atom. The third kappa shape index (κ3) is 6.01. The first-order chi connectivity index (χ1) is 11.1. The fourth-order valence-corrected chi connectivity index (χ4v) is 2.52. The van der Waals surface area contributed by atoms with Crippen molar-refractivity contribution >= 4 is 0 Å². The van der Waals surface area contributed by atoms with Gasteiger partial charge in [0.25, 0.3) is 0 Å². The molecule has 0 aliphatic rings. The highest BCUT2D eigenvalue weighted by molar-refractivity contribution is 5.28. The van der Waals surface area contributed by atoms with Crippen LogP contribution in [-0.4, -0.2) is 24.6 Å². The number of halogens is 1. The molecule has 2 aromatic carbocycles. The number of ether oxygens (including phenoxy) is 1. The molecule has 24 heavy (non-hydrogen) atoms. The van der Waals surface area contributed by atoms with E-state index in [4.69, 9.17) is 17.6 Å². The number of hydrogen-bond acceptors (Lipinski definition) is 1. The van der Waals surface area contributed by atoms with Gasteiger partial charge in [-0.25, -0.2) is 0 Å². The van der Waals surface area contributed by atoms with Crippen LogP contribution >= 0.6 is 0 Å². The molecule has 2 nitrogen and oxygen atoms in total. The number of rotatable bonds is 7. The summed E-state index contributed by atoms with van der Waals surface area (Å²) in [6.07, 6.45) is 11.0. The Labute approximate surface area is 151 Å². The van der Waals surface area contributed by atoms with Crippen molar-refractivity contribution in [2.24, 2.45) is 0 Å². The average Bonchev–Trinajstić information content (AvgIpc) is 2.54. The predicted molar refractivity (Wildman–Crippen MR) is 94.5 cm³/mol. The van der Waals surface area contributed by atoms with Crippen LogP contribution in [0.25, 0.3) is 0 Å². The summed E-state index contributed by atoms with van der Waals surface area (Å²) in [5.41, 5.74) is 2.32. The molecule has 3 heteroatoms. The van der Waals surface area contributed by atoms with Crippen molar-refractivity contribution in [3.63, 3.8) is 0 Å². The number of nitrogens with zero attached hydrogens (tertiary/aromatic N) is 1. The zero-order valence-corrected chi connectivity index (χ0v) is 14.7. The van der Waals surface area contributed by atoms with E-state index in [1.165, 1.54) is 5.56 Å². The van der Waals surface area contributed by atoms with E-state index in [0.717, 1.165) is 17.9 Å². The quantitative estimate of drug-likeness (QED) is 0.527. The Balaban J connectivity index is 0.00000288. The summed E-state index contributed by atoms with van der Waals surface area (Å²) in [5, 5.41) is 0. The van der Waals surface area contributed by atoms with Crippen LogP contribution in [0, 0.1) is 24.7 Å². The minimum absolute atomic E-state index is 0. The molecule has 0 fully saturated rings. The first-order valence-corrected chi connectivity index (χ1v) is 7.61. The summed E-state index contributed by atoms with van der Waals surface area (Å²) in [6.45, 7) is 2.57. The van der Waals surface area contributed by atoms with Crippen molar-refractivity contribution in [1.29, 1.82) is 0 Å². The molecule has 0 aliphatic heterocycles. The van der Waals surface area contributed by atoms with E-state index in [1.807, 2.05) is 30.3 Å². The normalized spacial score (nSPS) is 10.1. The molecule has 124 valence electrons. The van der Waals surface area contributed by atoms with Gasteiger partial charge in [0.05, 0.1) is 7.05 Å². The fourth-order valence-electron chi connectivity index (χ4n) is 2.52. The molecule has 0 atom stereocenters. The van der Waals surface area contributed by atoms with Crippen molar-refractivity contribution in [2.75, 3.05) is 20.1 Å². The second kappa shape index (κ2) is 9.68. The molecular formula is C21H22ClNO. The molecule has 0 bridgehead atoms. The molecule has 0 aliphatic carbocycles. The average molecular weight is 340 g/mol. The molecule has 0 aromatic heterocycles. The van der Waals surface area contributed by atoms with Gasteiger partial charge in [-0.3, -0.25) is 0 Å². The van der Waals surface area contributed by atoms with E-state index in [-0.39, 0.29) is 12.4 Å². The second-order valence-electron chi connectivity index (χ2n) is 5.92. The van der Waals surface area contributed by atoms with Crippen LogP contribution in [0.5, 0.6) is 5.75 Å². The lowest BCUT2D eigenvalue weighted by Crippen LogP contribution is -3.00. The molecular weight excluding hydrogens is 318 g/mol. The lowest BCUT2D eigenvalue weighted by molar-refractivity contribution is -0.909. The zero-order chi connectivity index (χ0) is 16.5. The van der Waals surface area contributed by atoms with Gasteiger partial charge < -0.3 is 21.6 Å². The molecule has 0 spiro atoms. The Bertz CT molecular complexity index is 697. The molecule has 0 N–H and O–H groups in total. The summed E-state index contributed by atoms with van der Waals surface area (Å²) < 4.78 is 6.51. The topological polar surface area (TPSA) is 9.23 Å². The number of quaternary nitrogens is 1. The summed E-state index contributed by atoms with van der Waals surface area (Å²) in [5.74, 6) is 6.30. The molecule has 0 saturated heterocycles. The van der Waals surface area contributed by atoms with Crippen molar-refractivity contribution in [3.8, 4) is 30.4 Å². The van der Waals surface area contributed by atoms with Gasteiger partial charge in [-0.1, -0.05) is 42.5 Å². The van der Waals surface area contributed by atoms with E-state index in [1.54, 1.807) is 0 Å². The van der Waals surface area contributed by atoms with Gasteiger partial charge in [0.2, 0.25) is 0 Å². The predicted octanol–water partition coefficient (Wildman–Crippen LogP) is 0.483. The Morgan fingerprint density at radius 2 is 1.54 bits per heavy atom. The molecule has 2 rings (SSSR count). The van der Waals surface area contributed by atoms with Crippen molar-refractivity contribution < 1.29 is 21.6 Å². The molecule has 0 amide bonds. The maximum atomic E-state index is 5.88. The summed E-state index contributed by atoms with van der Waals surface area (Å²) in [6, 6.07) is 18.3. The van der Waals surface area contributed by atoms with Crippen LogP contribution in [0.4, 0.5) is 0 Å². The first kappa shape index (κ1) is 19.7. The van der Waals surface area contributed by atoms with Gasteiger partial charge in [-0.2, -0.15) is 0 Å². The lowest BCUT2D eigenvalue weighted by atomic mass is 10.1. The fraction of sp³-hybridized carbons (Fsp3) is 0.238. The van der Waals surface area contributed by atoms with E-state index in [0.29, 0.717) is 24.2 Å². The Hall–Kier alpha value is -2.39. The number of hydrogen-bond donors (Lipinski definition) is 0. The maximum absolute atomic E-state index is 5.88. The van der Waals surface area contributed by atoms with Crippen LogP contribution in [0.3, 0.4) is 0 Å². The van der Waals surface area contributed by atoms with Crippen LogP contribution in [0.1, 0.15) is 11.1 Å². The zero-order valence-electron chi connectivity index (χ0n) is 13.9. The third-order valence-corrected chi connectivity index (χ3v) is 3.66. The number of benzene rings is 2. The van der Waals surface area contributed by atoms with Crippen molar-refractivity contribution in [1.82, 2.24) is 0 Å². The standard InChI is InChI=1S/C21H22NO.ClH/c1-4-14-22(3,15-5-2)17-20-12-9-13-21(16-20)23-18-19-10-7-6-8-11-19;/h1-2,6-13,16H,14-15,17-18H2,3H3;1H/q+1;/p-1. The van der Waals surface area contributed by atoms with Gasteiger partial charge in [-0.05, 0) is 29.5 Å². The van der Waals surface area contributed by atoms with Crippen LogP contribution in [0.15, 0.2) is 54.6 Å². The van der Waals surface area contributed by atoms with Crippen LogP contribution in [0.2, 0.25) is 0 Å². The Morgan fingerprint density at radius 3 is 2.17 bits per heavy atom. The minimum atomic E-state index is 0. The third-order valence-electron chi connectivity index (χ3n) is 3.66. The molecule has 2 aromatic rings. The van der Waals surface area contributed by atoms with Gasteiger partial charge in [0.1, 0.15) is 32.0 Å². The highest BCUT2D eigenvalue weighted by atomic mass is 35.5. The van der Waals surface area contributed by atoms with E-state index < -0.39 is 0 Å². The summed E-state index contributed by atoms with van der Waals surface area (Å²) in [4.78, 5) is 0. The van der Waals surface area contributed by atoms with E-state index >= 15 is 0 Å². The minimum Gasteiger partial charge on any atom is -1.00 e. The molecule has 0 saturated carbocycles. The monoisotopic (exact) mass is 339 g/mol. The summed E-state index contributed by atoms with van der Waals surface area (Å²) in [7, 11) is 2.08. The van der Waals surface area contributed by atoms with Crippen LogP contribution in [-0.2, 0) is 13.2 Å². The van der Waals surface area contributed by atoms with Crippen LogP contribution < -0.4 is 17.1 Å². The Kier molecular flexibility index (Phi) is 7.93. The first-order valence-electron chi connectivity index (χ1n) is 7.61. The highest BCUT2D eigenvalue weighted by Gasteiger charge is 2.19. The summed E-state index contributed by atoms with van der Waals surface area (Å²) >= 11 is 0.